The van der Waals surface area contributed by atoms with E-state index in [9.17, 15) is 107 Å². The van der Waals surface area contributed by atoms with Crippen LogP contribution in [0.5, 0.6) is 5.75 Å². The number of amides is 16. The molecule has 7 rings (SSSR count). The van der Waals surface area contributed by atoms with Crippen LogP contribution in [0.1, 0.15) is 120 Å². The number of likely N-dealkylation sites (N-methyl/N-ethyl adjacent to an activating group) is 1. The minimum absolute atomic E-state index is 0.0321. The molecular formula is C90H116N18O26S3. The van der Waals surface area contributed by atoms with E-state index in [2.05, 4.69) is 85.1 Å². The van der Waals surface area contributed by atoms with E-state index >= 15 is 19.2 Å². The number of phenols is 1. The topological polar surface area (TPSA) is 704 Å². The average Bonchev–Trinajstić information content (AvgIpc) is 1.93. The van der Waals surface area contributed by atoms with Crippen molar-refractivity contribution in [2.75, 3.05) is 37.4 Å². The smallest absolute Gasteiger partial charge is 0.305 e. The van der Waals surface area contributed by atoms with Gasteiger partial charge in [-0.1, -0.05) is 124 Å². The highest BCUT2D eigenvalue weighted by Crippen LogP contribution is 2.27. The van der Waals surface area contributed by atoms with Crippen LogP contribution < -0.4 is 96.5 Å². The van der Waals surface area contributed by atoms with Crippen molar-refractivity contribution >= 4 is 170 Å². The molecular weight excluding hydrogens is 1850 g/mol. The number of fused-ring (bicyclic) bond motifs is 6. The zero-order chi connectivity index (χ0) is 101. The molecule has 0 saturated carbocycles. The number of thioether (sulfide) groups is 3. The molecule has 2 heterocycles. The van der Waals surface area contributed by atoms with E-state index in [0.29, 0.717) is 38.6 Å². The lowest BCUT2D eigenvalue weighted by atomic mass is 9.85. The monoisotopic (exact) mass is 1960 g/mol. The van der Waals surface area contributed by atoms with Crippen molar-refractivity contribution in [3.63, 3.8) is 0 Å². The van der Waals surface area contributed by atoms with E-state index in [1.165, 1.54) is 78.1 Å². The molecule has 0 saturated heterocycles. The number of carboxylic acid groups (broad SMARTS) is 4. The number of hydrogen-bond donors (Lipinski definition) is 23. The second kappa shape index (κ2) is 53.5. The van der Waals surface area contributed by atoms with Crippen LogP contribution in [-0.4, -0.2) is 278 Å². The SMILES string of the molecule is CNCC(=O)CN[C@@H](C)C(=O)N[C@H]1CSCc2cc3cc(c2)CSC[C@@H](NC(=O)[C@@H](C)NC(=O)[C@H](Cc2cccc4ccccc24)NC(=O)[C@H](CCC(=O)O)NC(=O)[C@H](CC(N)=O)NC(=O)[C@@H](C)NC1=O)C(=O)N[C@@H](CCC(=O)O)C(=O)N[C@@H](CC(=O)O)C(=O)N[C@@H](Cc1ccccc1)C(=O)N[C@@H](Cc1ccc(O)cc1)C(=O)N[C@@H](CC(=O)O)C(=O)N[C@@H](C(C)(C)C)C(=O)N[C@H](C(N)=O)CSC3. The predicted octanol–water partition coefficient (Wildman–Crippen LogP) is -3.32. The van der Waals surface area contributed by atoms with Crippen molar-refractivity contribution in [3.8, 4) is 5.75 Å². The van der Waals surface area contributed by atoms with Crippen LogP contribution in [0.4, 0.5) is 0 Å². The third-order valence-electron chi connectivity index (χ3n) is 21.5. The Morgan fingerprint density at radius 1 is 0.431 bits per heavy atom. The van der Waals surface area contributed by atoms with Gasteiger partial charge in [-0.05, 0) is 102 Å². The fraction of sp³-hybridized carbons (Fsp3) is 0.456. The maximum absolute atomic E-state index is 15.4. The lowest BCUT2D eigenvalue weighted by Gasteiger charge is -2.33. The number of benzene rings is 5. The molecule has 137 heavy (non-hydrogen) atoms. The van der Waals surface area contributed by atoms with Crippen LogP contribution in [0.25, 0.3) is 10.8 Å². The summed E-state index contributed by atoms with van der Waals surface area (Å²) in [6, 6.07) is 2.77. The maximum Gasteiger partial charge on any atom is 0.305 e. The maximum atomic E-state index is 15.4. The number of nitrogens with two attached hydrogens (primary N) is 2. The summed E-state index contributed by atoms with van der Waals surface area (Å²) in [5, 5.41) is 92.1. The molecule has 4 bridgehead atoms. The summed E-state index contributed by atoms with van der Waals surface area (Å²) in [5.74, 6) is -27.3. The van der Waals surface area contributed by atoms with Crippen LogP contribution in [0.15, 0.2) is 115 Å². The molecule has 2 aliphatic rings. The number of nitrogens with one attached hydrogen (secondary N) is 16. The van der Waals surface area contributed by atoms with Crippen LogP contribution in [0.2, 0.25) is 0 Å². The van der Waals surface area contributed by atoms with Gasteiger partial charge in [-0.2, -0.15) is 35.3 Å². The molecule has 2 aliphatic heterocycles. The van der Waals surface area contributed by atoms with E-state index in [4.69, 9.17) is 11.5 Å². The molecule has 0 spiro atoms. The van der Waals surface area contributed by atoms with Gasteiger partial charge in [0.25, 0.3) is 0 Å². The van der Waals surface area contributed by atoms with Gasteiger partial charge in [-0.25, -0.2) is 0 Å². The third-order valence-corrected chi connectivity index (χ3v) is 24.8. The summed E-state index contributed by atoms with van der Waals surface area (Å²) in [5.41, 5.74) is 12.6. The summed E-state index contributed by atoms with van der Waals surface area (Å²) in [4.78, 5) is 296. The van der Waals surface area contributed by atoms with Gasteiger partial charge in [0.15, 0.2) is 5.78 Å². The van der Waals surface area contributed by atoms with Gasteiger partial charge >= 0.3 is 23.9 Å². The average molecular weight is 1960 g/mol. The van der Waals surface area contributed by atoms with Gasteiger partial charge < -0.3 is 117 Å². The Bertz CT molecular complexity index is 5260. The number of phenolic OH excluding ortho intramolecular Hbond substituents is 1. The second-order valence-corrected chi connectivity index (χ2v) is 36.9. The number of Topliss-reactive ketones (excluding diaryl/α,β-unsaturated/α-hetero) is 1. The van der Waals surface area contributed by atoms with E-state index in [1.54, 1.807) is 78.9 Å². The number of carboxylic acids is 4. The molecule has 740 valence electrons. The zero-order valence-electron chi connectivity index (χ0n) is 76.0. The molecule has 44 nitrogen and oxygen atoms in total. The Balaban J connectivity index is 1.41. The summed E-state index contributed by atoms with van der Waals surface area (Å²) in [7, 11) is 1.53. The van der Waals surface area contributed by atoms with Crippen LogP contribution in [0.3, 0.4) is 0 Å². The van der Waals surface area contributed by atoms with Crippen molar-refractivity contribution in [2.24, 2.45) is 16.9 Å². The normalized spacial score (nSPS) is 23.5. The Kier molecular flexibility index (Phi) is 43.0. The second-order valence-electron chi connectivity index (χ2n) is 33.9. The molecule has 5 aromatic carbocycles. The number of ketones is 1. The molecule has 0 aliphatic carbocycles. The van der Waals surface area contributed by atoms with Crippen LogP contribution >= 0.6 is 35.3 Å². The third kappa shape index (κ3) is 36.7. The molecule has 0 aromatic heterocycles. The molecule has 16 amide bonds. The first kappa shape index (κ1) is 110. The molecule has 47 heteroatoms. The minimum atomic E-state index is -2.23. The van der Waals surface area contributed by atoms with Gasteiger partial charge in [0, 0.05) is 66.6 Å². The van der Waals surface area contributed by atoms with Gasteiger partial charge in [0.05, 0.1) is 38.4 Å². The number of carbonyl (C=O) groups is 21. The van der Waals surface area contributed by atoms with Gasteiger partial charge in [0.1, 0.15) is 90.3 Å². The molecule has 5 aromatic rings. The Labute approximate surface area is 799 Å². The summed E-state index contributed by atoms with van der Waals surface area (Å²) >= 11 is 3.02. The fourth-order valence-electron chi connectivity index (χ4n) is 14.2. The molecule has 0 fully saturated rings. The van der Waals surface area contributed by atoms with Crippen molar-refractivity contribution in [1.82, 2.24) is 85.1 Å². The molecule has 0 radical (unpaired) electrons. The highest BCUT2D eigenvalue weighted by Gasteiger charge is 2.42. The van der Waals surface area contributed by atoms with Crippen LogP contribution in [-0.2, 0) is 137 Å². The summed E-state index contributed by atoms with van der Waals surface area (Å²) in [6.45, 7) is 7.85. The van der Waals surface area contributed by atoms with Gasteiger partial charge in [0.2, 0.25) is 94.5 Å². The van der Waals surface area contributed by atoms with E-state index in [0.717, 1.165) is 42.2 Å². The first-order chi connectivity index (χ1) is 64.7. The van der Waals surface area contributed by atoms with Crippen molar-refractivity contribution in [3.05, 3.63) is 149 Å². The van der Waals surface area contributed by atoms with Crippen molar-refractivity contribution in [1.29, 1.82) is 0 Å². The standard InChI is InChI=1S/C90H116N18O26S3/c1-45(94-38-56(110)37-93-7)76(121)106-67-43-136-40-51-28-50-29-52(30-51)41-137-44-68(107-78(123)47(3)95-81(126)62(33-54-18-13-17-53-16-11-12-19-57(53)54)102-79(124)58(24-26-70(112)113)97-84(129)63(34-69(91)111)99-77(122)46(2)96-87(67)132)88(133)98-59(25-27-71(114)115)80(125)103-64(35-72(116)117)85(130)101-60(31-48-14-9-8-10-15-48)82(127)100-61(32-49-20-22-55(109)23-21-49)83(128)104-65(36-73(118)119)86(131)108-74(90(4,5)6)89(134)105-66(75(92)120)42-135-39-50/h8-23,28-30,45-47,58-68,74,93-94,109H,24-27,31-44H2,1-7H3,(H2,91,111)(H2,92,120)(H,95,126)(H,96,132)(H,97,129)(H,98,133)(H,99,122)(H,100,127)(H,101,130)(H,102,124)(H,103,125)(H,104,128)(H,105,134)(H,106,121)(H,107,123)(H,108,131)(H,112,113)(H,114,115)(H,116,117)(H,118,119)/t45-,46+,47+,58-,59-,60-,61-,62-,63-,64-,65-,66-,67-,68+,74+/m0/s1. The Hall–Kier alpha value is -13.8. The first-order valence-corrected chi connectivity index (χ1v) is 46.9. The number of aliphatic carboxylic acids is 4. The number of primary amides is 2. The predicted molar refractivity (Wildman–Crippen MR) is 500 cm³/mol. The minimum Gasteiger partial charge on any atom is -0.508 e. The van der Waals surface area contributed by atoms with E-state index in [-0.39, 0.29) is 58.9 Å². The molecule has 25 N–H and O–H groups in total. The van der Waals surface area contributed by atoms with E-state index < -0.39 is 284 Å². The number of hydrogen-bond acceptors (Lipinski definition) is 27. The van der Waals surface area contributed by atoms with E-state index in [1.807, 2.05) is 0 Å². The highest BCUT2D eigenvalue weighted by atomic mass is 32.2. The number of aromatic hydroxyl groups is 1. The quantitative estimate of drug-likeness (QED) is 0.0258. The van der Waals surface area contributed by atoms with Crippen LogP contribution in [0, 0.1) is 5.41 Å². The molecule has 0 unspecified atom stereocenters. The molecule has 15 atom stereocenters. The lowest BCUT2D eigenvalue weighted by Crippen LogP contribution is -2.62. The summed E-state index contributed by atoms with van der Waals surface area (Å²) < 4.78 is 0. The highest BCUT2D eigenvalue weighted by molar-refractivity contribution is 7.99. The van der Waals surface area contributed by atoms with Gasteiger partial charge in [-0.3, -0.25) is 106 Å². The zero-order valence-corrected chi connectivity index (χ0v) is 78.5. The first-order valence-electron chi connectivity index (χ1n) is 43.5. The largest absolute Gasteiger partial charge is 0.508 e. The van der Waals surface area contributed by atoms with Crippen molar-refractivity contribution < 1.29 is 126 Å². The summed E-state index contributed by atoms with van der Waals surface area (Å²) in [6.07, 6.45) is -8.12. The number of carbonyl (C=O) groups excluding carboxylic acids is 17. The van der Waals surface area contributed by atoms with Crippen molar-refractivity contribution in [2.45, 2.75) is 214 Å². The lowest BCUT2D eigenvalue weighted by molar-refractivity contribution is -0.142. The Morgan fingerprint density at radius 2 is 0.854 bits per heavy atom. The fourth-order valence-corrected chi connectivity index (χ4v) is 17.2. The Morgan fingerprint density at radius 3 is 1.36 bits per heavy atom. The number of rotatable bonds is 26. The van der Waals surface area contributed by atoms with Gasteiger partial charge in [-0.15, -0.1) is 0 Å².